The molecule has 0 amide bonds. The number of halogens is 9. The van der Waals surface area contributed by atoms with E-state index >= 15 is 0 Å². The highest BCUT2D eigenvalue weighted by Crippen LogP contribution is 2.50. The molecule has 0 saturated carbocycles. The number of allylic oxidation sites excluding steroid dienone is 1. The maximum Gasteiger partial charge on any atom is 0.573 e. The molecule has 9 nitrogen and oxygen atoms in total. The van der Waals surface area contributed by atoms with Crippen LogP contribution in [0.2, 0.25) is 0 Å². The van der Waals surface area contributed by atoms with Crippen LogP contribution in [-0.2, 0) is 25.2 Å². The van der Waals surface area contributed by atoms with Crippen LogP contribution in [0.25, 0.3) is 0 Å². The first kappa shape index (κ1) is 35.5. The van der Waals surface area contributed by atoms with Gasteiger partial charge in [0, 0.05) is 6.07 Å². The van der Waals surface area contributed by atoms with Crippen molar-refractivity contribution < 1.29 is 63.7 Å². The van der Waals surface area contributed by atoms with E-state index in [-0.39, 0.29) is 17.7 Å². The number of hydrogen-bond acceptors (Lipinski definition) is 9. The number of nitrogens with zero attached hydrogens (tertiary/aromatic N) is 2. The number of nitriles is 1. The van der Waals surface area contributed by atoms with Crippen LogP contribution in [0.1, 0.15) is 17.0 Å². The van der Waals surface area contributed by atoms with E-state index in [4.69, 9.17) is 19.9 Å². The van der Waals surface area contributed by atoms with E-state index in [1.165, 1.54) is 24.3 Å². The molecular weight excluding hydrogens is 730 g/mol. The lowest BCUT2D eigenvalue weighted by Crippen LogP contribution is -2.41. The standard InChI is InChI=1S/C30H18BrF8N3O6/c1-45-27(43)22-21(13-6-4-3-5-7-13)16(12-40)26(41)42(23(22)28(44)46-2)20-11-15(48-30(37,38)39)10-17(31)24(20)47-25-18(32)8-14(9-19(25)33)29(34,35)36/h3-11,21H,41H2,1-2H3. The summed E-state index contributed by atoms with van der Waals surface area (Å²) in [7, 11) is 1.78. The van der Waals surface area contributed by atoms with Gasteiger partial charge in [-0.1, -0.05) is 30.3 Å². The lowest BCUT2D eigenvalue weighted by Gasteiger charge is -2.36. The summed E-state index contributed by atoms with van der Waals surface area (Å²) in [4.78, 5) is 27.3. The lowest BCUT2D eigenvalue weighted by molar-refractivity contribution is -0.274. The van der Waals surface area contributed by atoms with Gasteiger partial charge in [0.05, 0.1) is 53.1 Å². The van der Waals surface area contributed by atoms with Crippen LogP contribution < -0.4 is 20.1 Å². The smallest absolute Gasteiger partial charge is 0.466 e. The molecule has 2 N–H and O–H groups in total. The number of anilines is 1. The van der Waals surface area contributed by atoms with Crippen LogP contribution >= 0.6 is 15.9 Å². The fourth-order valence-electron chi connectivity index (χ4n) is 4.70. The third-order valence-corrected chi connectivity index (χ3v) is 7.20. The number of carbonyl (C=O) groups excluding carboxylic acids is 2. The molecule has 48 heavy (non-hydrogen) atoms. The van der Waals surface area contributed by atoms with Crippen molar-refractivity contribution in [3.63, 3.8) is 0 Å². The molecule has 3 aromatic carbocycles. The summed E-state index contributed by atoms with van der Waals surface area (Å²) < 4.78 is 128. The number of benzene rings is 3. The summed E-state index contributed by atoms with van der Waals surface area (Å²) in [6.07, 6.45) is -10.5. The summed E-state index contributed by atoms with van der Waals surface area (Å²) in [6, 6.07) is 10.3. The van der Waals surface area contributed by atoms with Crippen molar-refractivity contribution in [1.82, 2.24) is 0 Å². The highest BCUT2D eigenvalue weighted by Gasteiger charge is 2.44. The molecule has 0 saturated heterocycles. The molecule has 0 bridgehead atoms. The Morgan fingerprint density at radius 2 is 1.50 bits per heavy atom. The van der Waals surface area contributed by atoms with Crippen molar-refractivity contribution in [2.45, 2.75) is 18.5 Å². The fraction of sp³-hybridized carbons (Fsp3) is 0.167. The normalized spacial score (nSPS) is 15.2. The first-order chi connectivity index (χ1) is 22.4. The van der Waals surface area contributed by atoms with Crippen molar-refractivity contribution in [2.75, 3.05) is 19.1 Å². The van der Waals surface area contributed by atoms with Gasteiger partial charge in [-0.25, -0.2) is 18.4 Å². The minimum atomic E-state index is -5.33. The van der Waals surface area contributed by atoms with Crippen molar-refractivity contribution in [3.8, 4) is 23.3 Å². The van der Waals surface area contributed by atoms with E-state index < -0.39 is 97.7 Å². The molecule has 1 aliphatic heterocycles. The largest absolute Gasteiger partial charge is 0.573 e. The van der Waals surface area contributed by atoms with Crippen LogP contribution in [0, 0.1) is 23.0 Å². The van der Waals surface area contributed by atoms with E-state index in [1.54, 1.807) is 12.1 Å². The van der Waals surface area contributed by atoms with Gasteiger partial charge in [0.15, 0.2) is 23.1 Å². The highest BCUT2D eigenvalue weighted by atomic mass is 79.9. The Bertz CT molecular complexity index is 1870. The number of carbonyl (C=O) groups is 2. The van der Waals surface area contributed by atoms with E-state index in [1.807, 2.05) is 0 Å². The summed E-state index contributed by atoms with van der Waals surface area (Å²) >= 11 is 2.89. The molecule has 1 heterocycles. The van der Waals surface area contributed by atoms with Crippen molar-refractivity contribution in [1.29, 1.82) is 5.26 Å². The molecule has 4 rings (SSSR count). The number of ether oxygens (including phenoxy) is 4. The van der Waals surface area contributed by atoms with Crippen LogP contribution in [-0.4, -0.2) is 32.5 Å². The number of hydrogen-bond donors (Lipinski definition) is 1. The summed E-state index contributed by atoms with van der Waals surface area (Å²) in [6.45, 7) is 0. The third kappa shape index (κ3) is 7.00. The van der Waals surface area contributed by atoms with Gasteiger partial charge in [0.1, 0.15) is 17.3 Å². The van der Waals surface area contributed by atoms with E-state index in [0.29, 0.717) is 17.0 Å². The van der Waals surface area contributed by atoms with E-state index in [9.17, 15) is 50.0 Å². The van der Waals surface area contributed by atoms with Gasteiger partial charge >= 0.3 is 24.5 Å². The van der Waals surface area contributed by atoms with Crippen LogP contribution in [0.15, 0.2) is 81.7 Å². The van der Waals surface area contributed by atoms with Gasteiger partial charge in [-0.3, -0.25) is 4.90 Å². The molecule has 0 fully saturated rings. The van der Waals surface area contributed by atoms with E-state index in [0.717, 1.165) is 14.2 Å². The Balaban J connectivity index is 2.12. The second-order valence-corrected chi connectivity index (χ2v) is 10.4. The number of rotatable bonds is 7. The average molecular weight is 748 g/mol. The fourth-order valence-corrected chi connectivity index (χ4v) is 5.21. The first-order valence-electron chi connectivity index (χ1n) is 12.9. The zero-order chi connectivity index (χ0) is 35.7. The monoisotopic (exact) mass is 747 g/mol. The molecule has 0 radical (unpaired) electrons. The second kappa shape index (κ2) is 13.4. The average Bonchev–Trinajstić information content (AvgIpc) is 3.01. The van der Waals surface area contributed by atoms with Gasteiger partial charge in [0.25, 0.3) is 0 Å². The number of alkyl halides is 6. The maximum absolute atomic E-state index is 15.0. The summed E-state index contributed by atoms with van der Waals surface area (Å²) in [5.74, 6) is -11.9. The minimum Gasteiger partial charge on any atom is -0.466 e. The van der Waals surface area contributed by atoms with Crippen molar-refractivity contribution in [2.24, 2.45) is 5.73 Å². The van der Waals surface area contributed by atoms with Gasteiger partial charge in [0.2, 0.25) is 0 Å². The zero-order valence-electron chi connectivity index (χ0n) is 24.1. The SMILES string of the molecule is COC(=O)C1=C(C(=O)OC)N(c2cc(OC(F)(F)F)cc(Br)c2Oc2c(F)cc(C(F)(F)F)cc2F)C(N)=C(C#N)C1c1ccccc1. The minimum absolute atomic E-state index is 0.102. The molecular formula is C30H18BrF8N3O6. The molecule has 3 aromatic rings. The maximum atomic E-state index is 15.0. The molecule has 1 aliphatic rings. The molecule has 0 aliphatic carbocycles. The van der Waals surface area contributed by atoms with Gasteiger partial charge in [-0.05, 0) is 39.7 Å². The first-order valence-corrected chi connectivity index (χ1v) is 13.7. The number of esters is 2. The molecule has 252 valence electrons. The number of nitrogens with two attached hydrogens (primary N) is 1. The summed E-state index contributed by atoms with van der Waals surface area (Å²) in [5.41, 5.74) is 2.11. The van der Waals surface area contributed by atoms with Gasteiger partial charge in [-0.15, -0.1) is 13.2 Å². The molecule has 1 atom stereocenters. The highest BCUT2D eigenvalue weighted by molar-refractivity contribution is 9.10. The Hall–Kier alpha value is -5.31. The molecule has 1 unspecified atom stereocenters. The molecule has 0 spiro atoms. The topological polar surface area (TPSA) is 124 Å². The van der Waals surface area contributed by atoms with Gasteiger partial charge < -0.3 is 24.7 Å². The third-order valence-electron chi connectivity index (χ3n) is 6.61. The van der Waals surface area contributed by atoms with Crippen LogP contribution in [0.4, 0.5) is 40.8 Å². The predicted molar refractivity (Wildman–Crippen MR) is 152 cm³/mol. The molecule has 0 aromatic heterocycles. The van der Waals surface area contributed by atoms with Crippen molar-refractivity contribution >= 4 is 33.6 Å². The lowest BCUT2D eigenvalue weighted by atomic mass is 9.81. The summed E-state index contributed by atoms with van der Waals surface area (Å²) in [5, 5.41) is 10.2. The van der Waals surface area contributed by atoms with Crippen LogP contribution in [0.3, 0.4) is 0 Å². The predicted octanol–water partition coefficient (Wildman–Crippen LogP) is 7.33. The van der Waals surface area contributed by atoms with Crippen LogP contribution in [0.5, 0.6) is 17.2 Å². The molecule has 18 heteroatoms. The Morgan fingerprint density at radius 3 is 2.00 bits per heavy atom. The van der Waals surface area contributed by atoms with Gasteiger partial charge in [-0.2, -0.15) is 18.4 Å². The number of methoxy groups -OCH3 is 2. The van der Waals surface area contributed by atoms with E-state index in [2.05, 4.69) is 20.7 Å². The van der Waals surface area contributed by atoms with Crippen molar-refractivity contribution in [3.05, 3.63) is 104 Å². The Labute approximate surface area is 273 Å². The zero-order valence-corrected chi connectivity index (χ0v) is 25.7. The quantitative estimate of drug-likeness (QED) is 0.195. The second-order valence-electron chi connectivity index (χ2n) is 9.51. The Kier molecular flexibility index (Phi) is 9.94. The Morgan fingerprint density at radius 1 is 0.917 bits per heavy atom.